The molecule has 2 aromatic carbocycles. The number of benzene rings is 2. The van der Waals surface area contributed by atoms with E-state index in [1.807, 2.05) is 0 Å². The first-order chi connectivity index (χ1) is 21.5. The fourth-order valence-corrected chi connectivity index (χ4v) is 8.02. The molecule has 5 rings (SSSR count). The molecule has 2 aliphatic rings. The molecule has 1 aromatic heterocycles. The van der Waals surface area contributed by atoms with Crippen molar-refractivity contribution in [1.29, 1.82) is 0 Å². The molecule has 3 aromatic rings. The van der Waals surface area contributed by atoms with Crippen molar-refractivity contribution < 1.29 is 27.2 Å². The highest BCUT2D eigenvalue weighted by atomic mass is 32.2. The zero-order valence-corrected chi connectivity index (χ0v) is 27.5. The Bertz CT molecular complexity index is 1610. The molecule has 0 radical (unpaired) electrons. The number of carbonyl (C=O) groups is 2. The van der Waals surface area contributed by atoms with Crippen LogP contribution in [0.4, 0.5) is 0 Å². The first-order valence-corrected chi connectivity index (χ1v) is 16.8. The molecule has 11 nitrogen and oxygen atoms in total. The minimum absolute atomic E-state index is 0.0540. The van der Waals surface area contributed by atoms with Crippen molar-refractivity contribution in [2.45, 2.75) is 63.6 Å². The molecule has 1 N–H and O–H groups in total. The number of hydrogen-bond acceptors (Lipinski definition) is 8. The van der Waals surface area contributed by atoms with Gasteiger partial charge in [-0.1, -0.05) is 24.3 Å². The second-order valence-corrected chi connectivity index (χ2v) is 14.1. The van der Waals surface area contributed by atoms with Gasteiger partial charge in [-0.3, -0.25) is 14.5 Å². The van der Waals surface area contributed by atoms with Gasteiger partial charge in [0.1, 0.15) is 12.0 Å². The smallest absolute Gasteiger partial charge is 0.273 e. The van der Waals surface area contributed by atoms with Crippen LogP contribution in [0.2, 0.25) is 0 Å². The third kappa shape index (κ3) is 7.74. The molecular weight excluding hydrogens is 594 g/mol. The van der Waals surface area contributed by atoms with E-state index in [-0.39, 0.29) is 46.8 Å². The van der Waals surface area contributed by atoms with Crippen molar-refractivity contribution in [1.82, 2.24) is 24.4 Å². The topological polar surface area (TPSA) is 125 Å². The summed E-state index contributed by atoms with van der Waals surface area (Å²) in [5, 5.41) is 2.88. The number of nitrogens with one attached hydrogen (secondary N) is 1. The number of carbonyl (C=O) groups excluding carboxylic acids is 2. The SMILES string of the molecule is COc1cc(C)c(S(=O)(=O)N(Cc2nc(C(=O)NCCc3ccc(CN4CCC(C(=O)N(C)C)C4)cc3)co2)C2CC2)c(C)c1. The fraction of sp³-hybridized carbons (Fsp3) is 0.485. The zero-order chi connectivity index (χ0) is 32.3. The van der Waals surface area contributed by atoms with Gasteiger partial charge in [0.25, 0.3) is 5.91 Å². The van der Waals surface area contributed by atoms with Gasteiger partial charge < -0.3 is 19.4 Å². The lowest BCUT2D eigenvalue weighted by Crippen LogP contribution is -2.34. The van der Waals surface area contributed by atoms with Crippen LogP contribution in [0.5, 0.6) is 5.75 Å². The van der Waals surface area contributed by atoms with Crippen LogP contribution in [0.15, 0.2) is 52.0 Å². The van der Waals surface area contributed by atoms with Crippen LogP contribution in [0.3, 0.4) is 0 Å². The van der Waals surface area contributed by atoms with E-state index < -0.39 is 10.0 Å². The zero-order valence-electron chi connectivity index (χ0n) is 26.7. The molecule has 2 fully saturated rings. The Hall–Kier alpha value is -3.74. The first kappa shape index (κ1) is 32.6. The van der Waals surface area contributed by atoms with Crippen LogP contribution >= 0.6 is 0 Å². The van der Waals surface area contributed by atoms with Gasteiger partial charge in [-0.25, -0.2) is 13.4 Å². The summed E-state index contributed by atoms with van der Waals surface area (Å²) in [6, 6.07) is 11.6. The van der Waals surface area contributed by atoms with E-state index in [2.05, 4.69) is 39.5 Å². The number of aromatic nitrogens is 1. The lowest BCUT2D eigenvalue weighted by molar-refractivity contribution is -0.132. The van der Waals surface area contributed by atoms with Gasteiger partial charge in [0.15, 0.2) is 5.69 Å². The maximum atomic E-state index is 13.8. The Morgan fingerprint density at radius 2 is 1.73 bits per heavy atom. The van der Waals surface area contributed by atoms with Crippen molar-refractivity contribution >= 4 is 21.8 Å². The Kier molecular flexibility index (Phi) is 9.95. The lowest BCUT2D eigenvalue weighted by Gasteiger charge is -2.23. The predicted octanol–water partition coefficient (Wildman–Crippen LogP) is 3.54. The monoisotopic (exact) mass is 637 g/mol. The van der Waals surface area contributed by atoms with E-state index in [4.69, 9.17) is 9.15 Å². The largest absolute Gasteiger partial charge is 0.497 e. The Morgan fingerprint density at radius 1 is 1.07 bits per heavy atom. The van der Waals surface area contributed by atoms with Crippen molar-refractivity contribution in [2.24, 2.45) is 5.92 Å². The minimum atomic E-state index is -3.84. The van der Waals surface area contributed by atoms with Gasteiger partial charge in [0.05, 0.1) is 24.5 Å². The molecule has 0 spiro atoms. The van der Waals surface area contributed by atoms with Gasteiger partial charge in [-0.05, 0) is 80.5 Å². The average Bonchev–Trinajstić information content (AvgIpc) is 3.53. The number of aryl methyl sites for hydroxylation is 2. The van der Waals surface area contributed by atoms with Gasteiger partial charge in [0.2, 0.25) is 21.8 Å². The summed E-state index contributed by atoms with van der Waals surface area (Å²) in [6.45, 7) is 6.39. The summed E-state index contributed by atoms with van der Waals surface area (Å²) in [5.74, 6) is 0.667. The number of oxazole rings is 1. The fourth-order valence-electron chi connectivity index (χ4n) is 5.97. The normalized spacial score (nSPS) is 17.1. The van der Waals surface area contributed by atoms with E-state index in [1.54, 1.807) is 52.1 Å². The average molecular weight is 638 g/mol. The first-order valence-electron chi connectivity index (χ1n) is 15.4. The van der Waals surface area contributed by atoms with Crippen LogP contribution in [-0.2, 0) is 34.3 Å². The van der Waals surface area contributed by atoms with Gasteiger partial charge in [0, 0.05) is 39.8 Å². The maximum absolute atomic E-state index is 13.8. The van der Waals surface area contributed by atoms with Crippen LogP contribution < -0.4 is 10.1 Å². The lowest BCUT2D eigenvalue weighted by atomic mass is 10.1. The summed E-state index contributed by atoms with van der Waals surface area (Å²) in [6.07, 6.45) is 4.34. The highest BCUT2D eigenvalue weighted by molar-refractivity contribution is 7.89. The molecule has 1 saturated heterocycles. The third-order valence-electron chi connectivity index (χ3n) is 8.46. The molecule has 12 heteroatoms. The van der Waals surface area contributed by atoms with E-state index in [9.17, 15) is 18.0 Å². The second kappa shape index (κ2) is 13.7. The van der Waals surface area contributed by atoms with Crippen LogP contribution in [0.25, 0.3) is 0 Å². The molecule has 0 bridgehead atoms. The van der Waals surface area contributed by atoms with Gasteiger partial charge >= 0.3 is 0 Å². The standard InChI is InChI=1S/C33H43N5O6S/c1-22-16-28(43-5)17-23(2)31(22)45(41,42)38(27-10-11-27)20-30-35-29(21-44-30)32(39)34-14-12-24-6-8-25(9-7-24)18-37-15-13-26(19-37)33(40)36(3)4/h6-9,16-17,21,26-27H,10-15,18-20H2,1-5H3,(H,34,39). The van der Waals surface area contributed by atoms with Crippen LogP contribution in [0.1, 0.15) is 57.9 Å². The Balaban J connectivity index is 1.13. The number of likely N-dealkylation sites (tertiary alicyclic amines) is 1. The summed E-state index contributed by atoms with van der Waals surface area (Å²) >= 11 is 0. The molecule has 45 heavy (non-hydrogen) atoms. The predicted molar refractivity (Wildman–Crippen MR) is 169 cm³/mol. The molecule has 1 atom stereocenters. The molecule has 1 aliphatic heterocycles. The second-order valence-electron chi connectivity index (χ2n) is 12.3. The van der Waals surface area contributed by atoms with Gasteiger partial charge in [-0.15, -0.1) is 0 Å². The maximum Gasteiger partial charge on any atom is 0.273 e. The van der Waals surface area contributed by atoms with Crippen molar-refractivity contribution in [3.8, 4) is 5.75 Å². The molecule has 242 valence electrons. The molecule has 1 unspecified atom stereocenters. The van der Waals surface area contributed by atoms with E-state index in [1.165, 1.54) is 16.1 Å². The highest BCUT2D eigenvalue weighted by Gasteiger charge is 2.40. The van der Waals surface area contributed by atoms with Gasteiger partial charge in [-0.2, -0.15) is 4.31 Å². The number of methoxy groups -OCH3 is 1. The van der Waals surface area contributed by atoms with Crippen molar-refractivity contribution in [3.63, 3.8) is 0 Å². The molecule has 1 saturated carbocycles. The van der Waals surface area contributed by atoms with E-state index >= 15 is 0 Å². The van der Waals surface area contributed by atoms with Crippen LogP contribution in [-0.4, -0.2) is 86.2 Å². The van der Waals surface area contributed by atoms with Crippen molar-refractivity contribution in [2.75, 3.05) is 40.8 Å². The number of rotatable bonds is 13. The number of hydrogen-bond donors (Lipinski definition) is 1. The Morgan fingerprint density at radius 3 is 2.36 bits per heavy atom. The number of sulfonamides is 1. The molecule has 2 heterocycles. The Labute approximate surface area is 265 Å². The quantitative estimate of drug-likeness (QED) is 0.302. The summed E-state index contributed by atoms with van der Waals surface area (Å²) in [7, 11) is 1.32. The third-order valence-corrected chi connectivity index (χ3v) is 10.7. The number of nitrogens with zero attached hydrogens (tertiary/aromatic N) is 4. The van der Waals surface area contributed by atoms with E-state index in [0.29, 0.717) is 29.8 Å². The molecule has 2 amide bonds. The number of amides is 2. The van der Waals surface area contributed by atoms with E-state index in [0.717, 1.165) is 44.5 Å². The minimum Gasteiger partial charge on any atom is -0.497 e. The molecular formula is C33H43N5O6S. The highest BCUT2D eigenvalue weighted by Crippen LogP contribution is 2.36. The van der Waals surface area contributed by atoms with Crippen molar-refractivity contribution in [3.05, 3.63) is 76.5 Å². The number of ether oxygens (including phenoxy) is 1. The molecule has 1 aliphatic carbocycles. The van der Waals surface area contributed by atoms with Crippen LogP contribution in [0, 0.1) is 19.8 Å². The summed E-state index contributed by atoms with van der Waals surface area (Å²) in [4.78, 5) is 33.6. The summed E-state index contributed by atoms with van der Waals surface area (Å²) < 4.78 is 39.8. The summed E-state index contributed by atoms with van der Waals surface area (Å²) in [5.41, 5.74) is 3.61.